The van der Waals surface area contributed by atoms with Gasteiger partial charge in [-0.2, -0.15) is 0 Å². The molecule has 4 atom stereocenters. The third kappa shape index (κ3) is 5.49. The molecule has 4 rings (SSSR count). The number of hydrogen-bond acceptors (Lipinski definition) is 7. The summed E-state index contributed by atoms with van der Waals surface area (Å²) in [5, 5.41) is 23.5. The van der Waals surface area contributed by atoms with Gasteiger partial charge in [0.2, 0.25) is 0 Å². The lowest BCUT2D eigenvalue weighted by atomic mass is 10.0. The van der Waals surface area contributed by atoms with Gasteiger partial charge in [-0.15, -0.1) is 0 Å². The van der Waals surface area contributed by atoms with E-state index in [0.717, 1.165) is 3.97 Å². The maximum Gasteiger partial charge on any atom is 0.268 e. The Morgan fingerprint density at radius 3 is 2.21 bits per heavy atom. The number of ether oxygens (including phenoxy) is 2. The molecule has 0 amide bonds. The molecule has 10 heteroatoms. The number of para-hydroxylation sites is 1. The number of hydrogen-bond donors (Lipinski definition) is 2. The molecular weight excluding hydrogens is 522 g/mol. The summed E-state index contributed by atoms with van der Waals surface area (Å²) in [6.45, 7) is 13.9. The maximum atomic E-state index is 13.8. The Kier molecular flexibility index (Phi) is 7.74. The van der Waals surface area contributed by atoms with Crippen molar-refractivity contribution < 1.29 is 32.5 Å². The van der Waals surface area contributed by atoms with E-state index in [1.54, 1.807) is 62.4 Å². The first-order valence-electron chi connectivity index (χ1n) is 12.8. The van der Waals surface area contributed by atoms with Gasteiger partial charge < -0.3 is 24.1 Å². The maximum absolute atomic E-state index is 13.8. The summed E-state index contributed by atoms with van der Waals surface area (Å²) in [6, 6.07) is 16.8. The van der Waals surface area contributed by atoms with Crippen LogP contribution in [-0.2, 0) is 23.9 Å². The highest BCUT2D eigenvalue weighted by Crippen LogP contribution is 2.41. The van der Waals surface area contributed by atoms with E-state index in [1.807, 2.05) is 0 Å². The number of benzene rings is 2. The van der Waals surface area contributed by atoms with E-state index >= 15 is 0 Å². The predicted molar refractivity (Wildman–Crippen MR) is 149 cm³/mol. The Labute approximate surface area is 226 Å². The SMILES string of the molecule is CC1(C)O[C@H](C(O)CO[Si](C)(C)C(C)(C)C)[C@H](C(O)c2cc3ccccc3n2S(=O)(=O)c2ccccc2)O1. The van der Waals surface area contributed by atoms with E-state index in [-0.39, 0.29) is 22.2 Å². The lowest BCUT2D eigenvalue weighted by molar-refractivity contribution is -0.162. The first-order chi connectivity index (χ1) is 17.6. The van der Waals surface area contributed by atoms with E-state index in [2.05, 4.69) is 33.9 Å². The summed E-state index contributed by atoms with van der Waals surface area (Å²) in [7, 11) is -6.22. The molecule has 1 fully saturated rings. The molecule has 0 aliphatic carbocycles. The van der Waals surface area contributed by atoms with Gasteiger partial charge in [0.1, 0.15) is 24.4 Å². The molecule has 0 saturated carbocycles. The van der Waals surface area contributed by atoms with Crippen LogP contribution in [0.15, 0.2) is 65.6 Å². The van der Waals surface area contributed by atoms with Crippen LogP contribution in [0.1, 0.15) is 46.4 Å². The number of aliphatic hydroxyl groups excluding tert-OH is 2. The fraction of sp³-hybridized carbons (Fsp3) is 0.500. The van der Waals surface area contributed by atoms with Crippen LogP contribution in [0.5, 0.6) is 0 Å². The van der Waals surface area contributed by atoms with Crippen molar-refractivity contribution in [2.24, 2.45) is 0 Å². The molecule has 2 heterocycles. The van der Waals surface area contributed by atoms with Crippen LogP contribution in [0, 0.1) is 0 Å². The fourth-order valence-corrected chi connectivity index (χ4v) is 7.05. The summed E-state index contributed by atoms with van der Waals surface area (Å²) in [4.78, 5) is 0.0954. The van der Waals surface area contributed by atoms with Crippen LogP contribution < -0.4 is 0 Å². The molecule has 208 valence electrons. The van der Waals surface area contributed by atoms with Crippen LogP contribution in [0.4, 0.5) is 0 Å². The minimum absolute atomic E-state index is 0.00905. The smallest absolute Gasteiger partial charge is 0.268 e. The minimum Gasteiger partial charge on any atom is -0.414 e. The quantitative estimate of drug-likeness (QED) is 0.380. The molecule has 3 aromatic rings. The molecule has 1 aromatic heterocycles. The first kappa shape index (κ1) is 28.9. The minimum atomic E-state index is -4.06. The van der Waals surface area contributed by atoms with E-state index in [1.165, 1.54) is 12.1 Å². The van der Waals surface area contributed by atoms with Crippen LogP contribution >= 0.6 is 0 Å². The van der Waals surface area contributed by atoms with Crippen LogP contribution in [0.3, 0.4) is 0 Å². The zero-order valence-corrected chi connectivity index (χ0v) is 24.9. The Bertz CT molecular complexity index is 1380. The Hall–Kier alpha value is -2.05. The van der Waals surface area contributed by atoms with Gasteiger partial charge in [0.15, 0.2) is 14.1 Å². The molecule has 8 nitrogen and oxygen atoms in total. The standard InChI is InChI=1S/C28H39NO7SSi/c1-27(2,3)38(6,7)34-18-23(30)25-26(36-28(4,5)35-25)24(31)22-17-19-13-11-12-16-21(19)29(22)37(32,33)20-14-9-8-10-15-20/h8-17,23-26,30-31H,18H2,1-7H3/t23?,24?,25-,26+/m1/s1. The van der Waals surface area contributed by atoms with E-state index < -0.39 is 48.5 Å². The highest BCUT2D eigenvalue weighted by molar-refractivity contribution is 7.90. The number of rotatable bonds is 8. The molecule has 2 aromatic carbocycles. The zero-order valence-electron chi connectivity index (χ0n) is 23.1. The summed E-state index contributed by atoms with van der Waals surface area (Å²) in [5.41, 5.74) is 0.561. The van der Waals surface area contributed by atoms with E-state index in [4.69, 9.17) is 13.9 Å². The third-order valence-corrected chi connectivity index (χ3v) is 13.8. The summed E-state index contributed by atoms with van der Waals surface area (Å²) in [6.07, 6.45) is -4.52. The molecule has 0 bridgehead atoms. The van der Waals surface area contributed by atoms with Gasteiger partial charge in [-0.05, 0) is 56.2 Å². The van der Waals surface area contributed by atoms with Crippen molar-refractivity contribution in [1.29, 1.82) is 0 Å². The van der Waals surface area contributed by atoms with Crippen LogP contribution in [0.2, 0.25) is 18.1 Å². The number of aliphatic hydroxyl groups is 2. The van der Waals surface area contributed by atoms with E-state index in [0.29, 0.717) is 10.9 Å². The molecule has 0 spiro atoms. The highest BCUT2D eigenvalue weighted by atomic mass is 32.2. The molecule has 1 saturated heterocycles. The zero-order chi connectivity index (χ0) is 28.1. The van der Waals surface area contributed by atoms with Gasteiger partial charge in [-0.1, -0.05) is 57.2 Å². The van der Waals surface area contributed by atoms with Gasteiger partial charge in [0.25, 0.3) is 10.0 Å². The lowest BCUT2D eigenvalue weighted by Gasteiger charge is -2.37. The van der Waals surface area contributed by atoms with Gasteiger partial charge in [0, 0.05) is 5.39 Å². The van der Waals surface area contributed by atoms with Gasteiger partial charge in [-0.25, -0.2) is 12.4 Å². The second-order valence-corrected chi connectivity index (χ2v) is 18.5. The van der Waals surface area contributed by atoms with Crippen LogP contribution in [0.25, 0.3) is 10.9 Å². The second-order valence-electron chi connectivity index (χ2n) is 11.9. The average molecular weight is 562 g/mol. The first-order valence-corrected chi connectivity index (χ1v) is 17.2. The van der Waals surface area contributed by atoms with Gasteiger partial charge >= 0.3 is 0 Å². The van der Waals surface area contributed by atoms with Crippen molar-refractivity contribution in [3.05, 3.63) is 66.4 Å². The molecule has 2 N–H and O–H groups in total. The third-order valence-electron chi connectivity index (χ3n) is 7.55. The molecule has 1 aliphatic heterocycles. The van der Waals surface area contributed by atoms with E-state index in [9.17, 15) is 18.6 Å². The van der Waals surface area contributed by atoms with Gasteiger partial charge in [0.05, 0.1) is 22.7 Å². The molecular formula is C28H39NO7SSi. The average Bonchev–Trinajstić information content (AvgIpc) is 3.40. The van der Waals surface area contributed by atoms with Crippen LogP contribution in [-0.4, -0.2) is 61.6 Å². The lowest BCUT2D eigenvalue weighted by Crippen LogP contribution is -2.47. The number of nitrogens with zero attached hydrogens (tertiary/aromatic N) is 1. The van der Waals surface area contributed by atoms with Crippen molar-refractivity contribution in [1.82, 2.24) is 3.97 Å². The topological polar surface area (TPSA) is 107 Å². The number of fused-ring (bicyclic) bond motifs is 1. The fourth-order valence-electron chi connectivity index (χ4n) is 4.46. The molecule has 0 radical (unpaired) electrons. The Morgan fingerprint density at radius 1 is 1.00 bits per heavy atom. The normalized spacial score (nSPS) is 22.0. The van der Waals surface area contributed by atoms with Crippen molar-refractivity contribution >= 4 is 29.2 Å². The second kappa shape index (κ2) is 10.2. The molecule has 38 heavy (non-hydrogen) atoms. The predicted octanol–water partition coefficient (Wildman–Crippen LogP) is 4.81. The summed E-state index contributed by atoms with van der Waals surface area (Å²) in [5.74, 6) is -1.11. The van der Waals surface area contributed by atoms with Crippen molar-refractivity contribution in [2.45, 2.75) is 87.8 Å². The highest BCUT2D eigenvalue weighted by Gasteiger charge is 2.50. The van der Waals surface area contributed by atoms with Crippen molar-refractivity contribution in [2.75, 3.05) is 6.61 Å². The number of aromatic nitrogens is 1. The Balaban J connectivity index is 1.73. The Morgan fingerprint density at radius 2 is 1.58 bits per heavy atom. The van der Waals surface area contributed by atoms with Crippen molar-refractivity contribution in [3.63, 3.8) is 0 Å². The monoisotopic (exact) mass is 561 g/mol. The molecule has 1 aliphatic rings. The van der Waals surface area contributed by atoms with Crippen molar-refractivity contribution in [3.8, 4) is 0 Å². The summed E-state index contributed by atoms with van der Waals surface area (Å²) >= 11 is 0. The largest absolute Gasteiger partial charge is 0.414 e. The molecule has 2 unspecified atom stereocenters. The van der Waals surface area contributed by atoms with Gasteiger partial charge in [-0.3, -0.25) is 0 Å². The summed E-state index contributed by atoms with van der Waals surface area (Å²) < 4.78 is 47.1.